The molecule has 0 amide bonds. The average molecular weight is 707 g/mol. The van der Waals surface area contributed by atoms with Crippen molar-refractivity contribution < 1.29 is 23.8 Å². The Kier molecular flexibility index (Phi) is 8.65. The fraction of sp³-hybridized carbons (Fsp3) is 0.581. The van der Waals surface area contributed by atoms with Gasteiger partial charge in [0.15, 0.2) is 0 Å². The number of hydrogen-bond donors (Lipinski definition) is 3. The Morgan fingerprint density at radius 3 is 2.48 bits per heavy atom. The molecule has 4 bridgehead atoms. The van der Waals surface area contributed by atoms with Crippen LogP contribution in [0.2, 0.25) is 0 Å². The fourth-order valence-corrected chi connectivity index (χ4v) is 12.1. The third-order valence-corrected chi connectivity index (χ3v) is 14.6. The van der Waals surface area contributed by atoms with Gasteiger partial charge in [0.25, 0.3) is 0 Å². The number of piperidine rings is 3. The minimum absolute atomic E-state index is 0.0206. The summed E-state index contributed by atoms with van der Waals surface area (Å²) in [6, 6.07) is 14.2. The zero-order valence-electron chi connectivity index (χ0n) is 31.3. The van der Waals surface area contributed by atoms with Gasteiger partial charge in [-0.1, -0.05) is 44.9 Å². The highest BCUT2D eigenvalue weighted by molar-refractivity contribution is 5.89. The number of carbonyl (C=O) groups excluding carboxylic acids is 2. The Hall–Kier alpha value is -3.82. The van der Waals surface area contributed by atoms with Crippen LogP contribution in [0.25, 0.3) is 21.8 Å². The van der Waals surface area contributed by atoms with E-state index in [0.29, 0.717) is 42.2 Å². The third kappa shape index (κ3) is 5.16. The molecule has 6 heterocycles. The number of aromatic amines is 2. The van der Waals surface area contributed by atoms with E-state index in [2.05, 4.69) is 70.4 Å². The molecule has 9 nitrogen and oxygen atoms in total. The van der Waals surface area contributed by atoms with Crippen LogP contribution >= 0.6 is 0 Å². The molecule has 2 aliphatic carbocycles. The van der Waals surface area contributed by atoms with Gasteiger partial charge in [-0.05, 0) is 91.1 Å². The summed E-state index contributed by atoms with van der Waals surface area (Å²) in [4.78, 5) is 36.6. The van der Waals surface area contributed by atoms with Crippen molar-refractivity contribution in [3.63, 3.8) is 0 Å². The number of benzene rings is 2. The van der Waals surface area contributed by atoms with Gasteiger partial charge in [-0.25, -0.2) is 0 Å². The minimum atomic E-state index is -0.215. The molecule has 0 spiro atoms. The van der Waals surface area contributed by atoms with E-state index in [0.717, 1.165) is 62.9 Å². The number of esters is 2. The van der Waals surface area contributed by atoms with Crippen LogP contribution in [0.15, 0.2) is 36.4 Å². The molecule has 10 atom stereocenters. The number of nitrogens with one attached hydrogen (secondary N) is 3. The van der Waals surface area contributed by atoms with Gasteiger partial charge < -0.3 is 29.5 Å². The van der Waals surface area contributed by atoms with Gasteiger partial charge in [0.2, 0.25) is 0 Å². The lowest BCUT2D eigenvalue weighted by atomic mass is 9.55. The molecule has 2 aromatic carbocycles. The van der Waals surface area contributed by atoms with E-state index in [1.807, 2.05) is 0 Å². The van der Waals surface area contributed by atoms with Gasteiger partial charge in [0, 0.05) is 75.8 Å². The van der Waals surface area contributed by atoms with Crippen molar-refractivity contribution in [2.75, 3.05) is 34.4 Å². The lowest BCUT2D eigenvalue weighted by Gasteiger charge is -2.62. The van der Waals surface area contributed by atoms with E-state index < -0.39 is 0 Å². The smallest absolute Gasteiger partial charge is 0.310 e. The standard InChI is InChI=1S/C43H54N4O5/c1-6-22-21-44-36-16-32-24-10-8-9-11-33(24)46-42(32)31(14-26(22)41(36)43(49)52-5)30-15-34-28(18-39(30)50-3)25-12-13-47-37-17-27(29(37)19-40(48)51-4)23(7-2)38(47)20-35(25)45-34/h8-11,15,18,22-23,26-27,29,31,36-38,41,44-46H,6-7,12-14,16-17,19-21H2,1-5H3. The summed E-state index contributed by atoms with van der Waals surface area (Å²) in [5.74, 6) is 2.65. The van der Waals surface area contributed by atoms with Gasteiger partial charge in [-0.15, -0.1) is 0 Å². The highest BCUT2D eigenvalue weighted by Gasteiger charge is 2.57. The minimum Gasteiger partial charge on any atom is -0.496 e. The van der Waals surface area contributed by atoms with Crippen LogP contribution in [0.4, 0.5) is 0 Å². The van der Waals surface area contributed by atoms with Crippen LogP contribution < -0.4 is 10.1 Å². The van der Waals surface area contributed by atoms with Crippen LogP contribution in [0.5, 0.6) is 5.75 Å². The number of rotatable bonds is 7. The number of aromatic nitrogens is 2. The van der Waals surface area contributed by atoms with Crippen molar-refractivity contribution in [3.05, 3.63) is 64.5 Å². The number of para-hydroxylation sites is 1. The lowest BCUT2D eigenvalue weighted by Crippen LogP contribution is -2.67. The Morgan fingerprint density at radius 1 is 0.865 bits per heavy atom. The molecule has 0 radical (unpaired) electrons. The summed E-state index contributed by atoms with van der Waals surface area (Å²) in [5, 5.41) is 6.27. The molecule has 3 saturated heterocycles. The van der Waals surface area contributed by atoms with E-state index in [9.17, 15) is 9.59 Å². The van der Waals surface area contributed by atoms with Gasteiger partial charge in [-0.2, -0.15) is 0 Å². The van der Waals surface area contributed by atoms with Crippen LogP contribution in [0.3, 0.4) is 0 Å². The Bertz CT molecular complexity index is 2010. The van der Waals surface area contributed by atoms with E-state index in [1.54, 1.807) is 7.11 Å². The van der Waals surface area contributed by atoms with Gasteiger partial charge in [0.1, 0.15) is 5.75 Å². The van der Waals surface area contributed by atoms with Crippen molar-refractivity contribution in [3.8, 4) is 5.75 Å². The molecule has 4 aliphatic heterocycles. The third-order valence-electron chi connectivity index (χ3n) is 14.6. The number of hydrogen-bond acceptors (Lipinski definition) is 7. The number of methoxy groups -OCH3 is 3. The molecule has 276 valence electrons. The predicted molar refractivity (Wildman–Crippen MR) is 202 cm³/mol. The van der Waals surface area contributed by atoms with Crippen LogP contribution in [0.1, 0.15) is 79.9 Å². The molecule has 6 aliphatic rings. The van der Waals surface area contributed by atoms with Crippen LogP contribution in [0, 0.1) is 35.5 Å². The molecule has 4 fully saturated rings. The summed E-state index contributed by atoms with van der Waals surface area (Å²) in [6.45, 7) is 6.49. The Morgan fingerprint density at radius 2 is 1.71 bits per heavy atom. The fourth-order valence-electron chi connectivity index (χ4n) is 12.1. The summed E-state index contributed by atoms with van der Waals surface area (Å²) in [5.41, 5.74) is 8.78. The number of fused-ring (bicyclic) bond motifs is 8. The summed E-state index contributed by atoms with van der Waals surface area (Å²) >= 11 is 0. The van der Waals surface area contributed by atoms with Crippen molar-refractivity contribution in [1.82, 2.24) is 20.2 Å². The first-order valence-electron chi connectivity index (χ1n) is 19.8. The zero-order chi connectivity index (χ0) is 35.8. The maximum absolute atomic E-state index is 13.6. The first-order chi connectivity index (χ1) is 25.4. The summed E-state index contributed by atoms with van der Waals surface area (Å²) in [7, 11) is 4.86. The SMILES string of the molecule is CCC1CNC2Cc3c([nH]c4ccccc34)C(c3cc4[nH]c5c(c4cc3OC)CCN3C(C5)C(CC)C4CC3C4CC(=O)OC)CC1C2C(=O)OC. The molecule has 2 aromatic heterocycles. The Labute approximate surface area is 306 Å². The number of ether oxygens (including phenoxy) is 3. The number of carbonyl (C=O) groups is 2. The van der Waals surface area contributed by atoms with E-state index in [-0.39, 0.29) is 35.7 Å². The van der Waals surface area contributed by atoms with Crippen LogP contribution in [-0.2, 0) is 38.3 Å². The van der Waals surface area contributed by atoms with E-state index >= 15 is 0 Å². The molecule has 4 aromatic rings. The van der Waals surface area contributed by atoms with Gasteiger partial charge >= 0.3 is 11.9 Å². The first kappa shape index (κ1) is 34.0. The molecule has 10 unspecified atom stereocenters. The maximum atomic E-state index is 13.6. The average Bonchev–Trinajstić information content (AvgIpc) is 3.62. The second-order valence-electron chi connectivity index (χ2n) is 16.4. The second kappa shape index (κ2) is 13.2. The summed E-state index contributed by atoms with van der Waals surface area (Å²) < 4.78 is 17.0. The van der Waals surface area contributed by atoms with E-state index in [1.165, 1.54) is 65.0 Å². The highest BCUT2D eigenvalue weighted by atomic mass is 16.5. The van der Waals surface area contributed by atoms with Crippen molar-refractivity contribution in [2.45, 2.75) is 89.3 Å². The van der Waals surface area contributed by atoms with E-state index in [4.69, 9.17) is 14.2 Å². The molecule has 52 heavy (non-hydrogen) atoms. The second-order valence-corrected chi connectivity index (χ2v) is 16.4. The monoisotopic (exact) mass is 706 g/mol. The van der Waals surface area contributed by atoms with Gasteiger partial charge in [-0.3, -0.25) is 14.5 Å². The molecule has 10 rings (SSSR count). The summed E-state index contributed by atoms with van der Waals surface area (Å²) in [6.07, 6.45) is 7.45. The largest absolute Gasteiger partial charge is 0.496 e. The molecular formula is C43H54N4O5. The van der Waals surface area contributed by atoms with Crippen molar-refractivity contribution in [1.29, 1.82) is 0 Å². The number of H-pyrrole nitrogens is 2. The molecule has 1 saturated carbocycles. The van der Waals surface area contributed by atoms with Crippen molar-refractivity contribution >= 4 is 33.7 Å². The molecule has 3 N–H and O–H groups in total. The first-order valence-corrected chi connectivity index (χ1v) is 19.8. The van der Waals surface area contributed by atoms with Crippen LogP contribution in [-0.4, -0.2) is 79.4 Å². The predicted octanol–water partition coefficient (Wildman–Crippen LogP) is 6.52. The van der Waals surface area contributed by atoms with Crippen molar-refractivity contribution in [2.24, 2.45) is 35.5 Å². The highest BCUT2D eigenvalue weighted by Crippen LogP contribution is 2.55. The zero-order valence-corrected chi connectivity index (χ0v) is 31.3. The Balaban J connectivity index is 1.13. The lowest BCUT2D eigenvalue weighted by molar-refractivity contribution is -0.159. The quantitative estimate of drug-likeness (QED) is 0.188. The topological polar surface area (TPSA) is 109 Å². The molecule has 9 heteroatoms. The van der Waals surface area contributed by atoms with Gasteiger partial charge in [0.05, 0.1) is 33.7 Å². The molecular weight excluding hydrogens is 652 g/mol. The number of nitrogens with zero attached hydrogens (tertiary/aromatic N) is 1. The normalized spacial score (nSPS) is 32.4. The maximum Gasteiger partial charge on any atom is 0.310 e.